The number of rotatable bonds is 23. The highest BCUT2D eigenvalue weighted by Crippen LogP contribution is 2.57. The topological polar surface area (TPSA) is 167 Å². The first kappa shape index (κ1) is 50.5. The van der Waals surface area contributed by atoms with Gasteiger partial charge in [0.25, 0.3) is 11.8 Å². The number of ether oxygens (including phenoxy) is 6. The van der Waals surface area contributed by atoms with E-state index >= 15 is 0 Å². The number of halogens is 1. The maximum atomic E-state index is 13.7. The summed E-state index contributed by atoms with van der Waals surface area (Å²) in [6.07, 6.45) is 2.98. The number of aromatic nitrogens is 1. The lowest BCUT2D eigenvalue weighted by atomic mass is 9.77. The molecule has 15 nitrogen and oxygen atoms in total. The Hall–Kier alpha value is -6.88. The number of hydrogen-bond donors (Lipinski definition) is 2. The molecule has 1 atom stereocenters. The Morgan fingerprint density at radius 1 is 0.761 bits per heavy atom. The minimum atomic E-state index is -1.35. The van der Waals surface area contributed by atoms with Gasteiger partial charge in [0.2, 0.25) is 0 Å². The number of esters is 2. The molecule has 8 rings (SSSR count). The van der Waals surface area contributed by atoms with Crippen molar-refractivity contribution in [3.8, 4) is 11.5 Å². The number of fused-ring (bicyclic) bond motifs is 6. The lowest BCUT2D eigenvalue weighted by Crippen LogP contribution is -2.55. The van der Waals surface area contributed by atoms with Gasteiger partial charge in [-0.1, -0.05) is 31.2 Å². The van der Waals surface area contributed by atoms with E-state index in [4.69, 9.17) is 33.4 Å². The first-order valence-electron chi connectivity index (χ1n) is 24.2. The van der Waals surface area contributed by atoms with Gasteiger partial charge in [0.05, 0.1) is 45.2 Å². The third kappa shape index (κ3) is 11.0. The Labute approximate surface area is 413 Å². The molecule has 1 aromatic heterocycles. The van der Waals surface area contributed by atoms with Crippen molar-refractivity contribution in [3.63, 3.8) is 0 Å². The minimum Gasteiger partial charge on any atom is -0.464 e. The first-order valence-corrected chi connectivity index (χ1v) is 24.2. The summed E-state index contributed by atoms with van der Waals surface area (Å²) in [5, 5.41) is 5.79. The Bertz CT molecular complexity index is 2700. The van der Waals surface area contributed by atoms with Crippen LogP contribution in [0.25, 0.3) is 0 Å². The van der Waals surface area contributed by atoms with Crippen LogP contribution in [0.15, 0.2) is 91.0 Å². The smallest absolute Gasteiger partial charge is 0.340 e. The zero-order valence-electron chi connectivity index (χ0n) is 41.2. The van der Waals surface area contributed by atoms with E-state index in [1.807, 2.05) is 87.4 Å². The van der Waals surface area contributed by atoms with Gasteiger partial charge in [-0.05, 0) is 97.8 Å². The average Bonchev–Trinajstić information content (AvgIpc) is 4.17. The number of pyridine rings is 1. The van der Waals surface area contributed by atoms with Crippen LogP contribution in [0.4, 0.5) is 15.8 Å². The highest BCUT2D eigenvalue weighted by atomic mass is 19.1. The maximum Gasteiger partial charge on any atom is 0.340 e. The summed E-state index contributed by atoms with van der Waals surface area (Å²) >= 11 is 0. The van der Waals surface area contributed by atoms with Gasteiger partial charge in [0, 0.05) is 106 Å². The molecule has 374 valence electrons. The summed E-state index contributed by atoms with van der Waals surface area (Å²) in [5.41, 5.74) is 4.76. The van der Waals surface area contributed by atoms with Crippen molar-refractivity contribution in [3.05, 3.63) is 147 Å². The third-order valence-electron chi connectivity index (χ3n) is 13.2. The van der Waals surface area contributed by atoms with Crippen LogP contribution < -0.4 is 25.2 Å². The molecule has 3 aliphatic rings. The van der Waals surface area contributed by atoms with E-state index in [9.17, 15) is 23.6 Å². The Kier molecular flexibility index (Phi) is 15.7. The van der Waals surface area contributed by atoms with E-state index in [1.165, 1.54) is 12.1 Å². The Morgan fingerprint density at radius 3 is 1.99 bits per heavy atom. The molecule has 1 saturated carbocycles. The highest BCUT2D eigenvalue weighted by molar-refractivity contribution is 6.02. The van der Waals surface area contributed by atoms with Crippen molar-refractivity contribution >= 4 is 35.1 Å². The molecule has 5 aromatic rings. The monoisotopic (exact) mass is 971 g/mol. The molecule has 3 heterocycles. The summed E-state index contributed by atoms with van der Waals surface area (Å²) in [7, 11) is 7.79. The van der Waals surface area contributed by atoms with E-state index in [0.29, 0.717) is 51.7 Å². The summed E-state index contributed by atoms with van der Waals surface area (Å²) in [6.45, 7) is 5.32. The second-order valence-electron chi connectivity index (χ2n) is 18.3. The van der Waals surface area contributed by atoms with Crippen molar-refractivity contribution in [2.24, 2.45) is 0 Å². The molecule has 0 unspecified atom stereocenters. The molecule has 2 N–H and O–H groups in total. The second kappa shape index (κ2) is 22.0. The molecule has 2 amide bonds. The predicted molar refractivity (Wildman–Crippen MR) is 265 cm³/mol. The molecular weight excluding hydrogens is 910 g/mol. The van der Waals surface area contributed by atoms with Crippen LogP contribution in [0.2, 0.25) is 0 Å². The highest BCUT2D eigenvalue weighted by Gasteiger charge is 2.54. The number of anilines is 2. The average molecular weight is 972 g/mol. The van der Waals surface area contributed by atoms with Crippen LogP contribution in [-0.4, -0.2) is 115 Å². The molecule has 2 aliphatic heterocycles. The third-order valence-corrected chi connectivity index (χ3v) is 13.2. The van der Waals surface area contributed by atoms with Crippen LogP contribution in [0, 0.1) is 5.82 Å². The lowest BCUT2D eigenvalue weighted by Gasteiger charge is -2.37. The molecule has 1 fully saturated rings. The SMILES string of the molecule is CCOC(=O)[C@](CC)(CCOCCOCCOCCNC(=O)c1ccc2c(c1)C(=O)OC21c2ccc(N(C)C)cc2Oc2cc(N(C)C)ccc21)NC(=O)c1ccc(C2CC2)c(Cc2ccc(F)cc2)n1. The normalized spacial score (nSPS) is 14.8. The Balaban J connectivity index is 0.783. The molecule has 0 saturated heterocycles. The quantitative estimate of drug-likeness (QED) is 0.0484. The lowest BCUT2D eigenvalue weighted by molar-refractivity contribution is -0.152. The standard InChI is InChI=1S/C55H62FN5O10/c1-7-54(53(65)69-8-2,59-51(63)46-22-18-41(36-11-12-36)47(58-46)31-35-9-14-38(56)15-10-35)23-25-66-27-29-68-30-28-67-26-24-57-50(62)37-13-19-43-42(32-37)52(64)71-55(43)44-20-16-39(60(3)4)33-48(44)70-49-34-40(61(5)6)17-21-45(49)55/h9-10,13-22,32-34,36H,7-8,11-12,23-31H2,1-6H3,(H,57,62)(H,59,63)/t54-/m0/s1. The first-order chi connectivity index (χ1) is 34.3. The summed E-state index contributed by atoms with van der Waals surface area (Å²) in [6, 6.07) is 26.6. The van der Waals surface area contributed by atoms with Crippen LogP contribution in [0.1, 0.15) is 110 Å². The van der Waals surface area contributed by atoms with Gasteiger partial charge in [-0.2, -0.15) is 0 Å². The largest absolute Gasteiger partial charge is 0.464 e. The fraction of sp³-hybridized carbons (Fsp3) is 0.400. The van der Waals surface area contributed by atoms with Gasteiger partial charge in [0.1, 0.15) is 28.5 Å². The van der Waals surface area contributed by atoms with Crippen LogP contribution in [-0.2, 0) is 40.5 Å². The summed E-state index contributed by atoms with van der Waals surface area (Å²) in [5.74, 6) is -0.738. The van der Waals surface area contributed by atoms with Gasteiger partial charge in [-0.25, -0.2) is 19.0 Å². The molecule has 0 radical (unpaired) electrons. The van der Waals surface area contributed by atoms with E-state index in [2.05, 4.69) is 10.6 Å². The molecule has 16 heteroatoms. The van der Waals surface area contributed by atoms with Crippen molar-refractivity contribution in [2.45, 2.75) is 63.0 Å². The van der Waals surface area contributed by atoms with E-state index < -0.39 is 29.0 Å². The predicted octanol–water partition coefficient (Wildman–Crippen LogP) is 7.70. The fourth-order valence-electron chi connectivity index (χ4n) is 9.05. The molecule has 1 aliphatic carbocycles. The molecule has 4 aromatic carbocycles. The maximum absolute atomic E-state index is 13.7. The number of carbonyl (C=O) groups excluding carboxylic acids is 4. The summed E-state index contributed by atoms with van der Waals surface area (Å²) in [4.78, 5) is 62.8. The molecule has 71 heavy (non-hydrogen) atoms. The van der Waals surface area contributed by atoms with E-state index in [-0.39, 0.29) is 83.1 Å². The second-order valence-corrected chi connectivity index (χ2v) is 18.3. The van der Waals surface area contributed by atoms with Crippen molar-refractivity contribution in [1.82, 2.24) is 15.6 Å². The van der Waals surface area contributed by atoms with Gasteiger partial charge >= 0.3 is 11.9 Å². The Morgan fingerprint density at radius 2 is 1.38 bits per heavy atom. The zero-order chi connectivity index (χ0) is 50.3. The number of amides is 2. The van der Waals surface area contributed by atoms with Crippen LogP contribution in [0.3, 0.4) is 0 Å². The molecule has 1 spiro atoms. The minimum absolute atomic E-state index is 0.142. The van der Waals surface area contributed by atoms with E-state index in [0.717, 1.165) is 41.0 Å². The van der Waals surface area contributed by atoms with Crippen LogP contribution in [0.5, 0.6) is 11.5 Å². The van der Waals surface area contributed by atoms with Crippen LogP contribution >= 0.6 is 0 Å². The molecule has 0 bridgehead atoms. The van der Waals surface area contributed by atoms with Crippen molar-refractivity contribution < 1.29 is 52.0 Å². The van der Waals surface area contributed by atoms with Gasteiger partial charge in [-0.15, -0.1) is 0 Å². The number of hydrogen-bond acceptors (Lipinski definition) is 13. The number of carbonyl (C=O) groups is 4. The van der Waals surface area contributed by atoms with Crippen molar-refractivity contribution in [2.75, 3.05) is 90.8 Å². The van der Waals surface area contributed by atoms with Gasteiger partial charge in [0.15, 0.2) is 5.60 Å². The number of nitrogens with zero attached hydrogens (tertiary/aromatic N) is 3. The van der Waals surface area contributed by atoms with Gasteiger partial charge in [-0.3, -0.25) is 9.59 Å². The summed E-state index contributed by atoms with van der Waals surface area (Å²) < 4.78 is 49.0. The number of nitrogens with one attached hydrogen (secondary N) is 2. The number of benzene rings is 4. The molecular formula is C55H62FN5O10. The fourth-order valence-corrected chi connectivity index (χ4v) is 9.05. The van der Waals surface area contributed by atoms with E-state index in [1.54, 1.807) is 43.3 Å². The van der Waals surface area contributed by atoms with Gasteiger partial charge < -0.3 is 48.9 Å². The zero-order valence-corrected chi connectivity index (χ0v) is 41.2. The van der Waals surface area contributed by atoms with Crippen molar-refractivity contribution in [1.29, 1.82) is 0 Å².